The van der Waals surface area contributed by atoms with Crippen LogP contribution in [0.25, 0.3) is 0 Å². The molecule has 66 valence electrons. The Balaban J connectivity index is 3.14. The molecule has 0 spiro atoms. The van der Waals surface area contributed by atoms with Gasteiger partial charge in [0.05, 0.1) is 6.61 Å². The van der Waals surface area contributed by atoms with E-state index in [1.165, 1.54) is 0 Å². The zero-order valence-electron chi connectivity index (χ0n) is 7.66. The summed E-state index contributed by atoms with van der Waals surface area (Å²) >= 11 is 0. The van der Waals surface area contributed by atoms with Crippen LogP contribution in [0.5, 0.6) is 11.5 Å². The molecule has 1 heterocycles. The van der Waals surface area contributed by atoms with Crippen molar-refractivity contribution >= 4 is 0 Å². The molecule has 0 saturated carbocycles. The van der Waals surface area contributed by atoms with E-state index >= 15 is 0 Å². The monoisotopic (exact) mass is 168 g/mol. The summed E-state index contributed by atoms with van der Waals surface area (Å²) < 4.78 is 7.18. The average Bonchev–Trinajstić information content (AvgIpc) is 2.06. The van der Waals surface area contributed by atoms with Crippen molar-refractivity contribution in [3.63, 3.8) is 0 Å². The first-order valence-electron chi connectivity index (χ1n) is 3.97. The lowest BCUT2D eigenvalue weighted by Gasteiger charge is -2.05. The molecule has 0 saturated heterocycles. The van der Waals surface area contributed by atoms with Crippen molar-refractivity contribution in [2.24, 2.45) is 7.05 Å². The van der Waals surface area contributed by atoms with Crippen molar-refractivity contribution in [1.82, 2.24) is 0 Å². The van der Waals surface area contributed by atoms with Crippen LogP contribution in [0.4, 0.5) is 0 Å². The maximum atomic E-state index is 9.41. The largest absolute Gasteiger partial charge is 0.504 e. The van der Waals surface area contributed by atoms with Crippen molar-refractivity contribution in [3.05, 3.63) is 18.0 Å². The average molecular weight is 168 g/mol. The fourth-order valence-electron chi connectivity index (χ4n) is 1.04. The van der Waals surface area contributed by atoms with Crippen molar-refractivity contribution < 1.29 is 14.4 Å². The van der Waals surface area contributed by atoms with Gasteiger partial charge in [-0.3, -0.25) is 0 Å². The van der Waals surface area contributed by atoms with E-state index < -0.39 is 0 Å². The minimum absolute atomic E-state index is 0.201. The Bertz CT molecular complexity index is 284. The minimum Gasteiger partial charge on any atom is -0.504 e. The van der Waals surface area contributed by atoms with Gasteiger partial charge in [-0.05, 0) is 6.92 Å². The number of rotatable bonds is 2. The van der Waals surface area contributed by atoms with E-state index in [0.717, 1.165) is 5.69 Å². The van der Waals surface area contributed by atoms with Crippen LogP contribution in [0.2, 0.25) is 0 Å². The zero-order chi connectivity index (χ0) is 9.14. The van der Waals surface area contributed by atoms with Gasteiger partial charge in [-0.2, -0.15) is 0 Å². The lowest BCUT2D eigenvalue weighted by atomic mass is 10.3. The molecule has 0 aliphatic heterocycles. The Morgan fingerprint density at radius 3 is 2.83 bits per heavy atom. The predicted octanol–water partition coefficient (Wildman–Crippen LogP) is 0.924. The molecule has 1 N–H and O–H groups in total. The molecule has 1 aromatic rings. The molecule has 0 amide bonds. The Kier molecular flexibility index (Phi) is 2.53. The number of nitrogens with zero attached hydrogens (tertiary/aromatic N) is 1. The van der Waals surface area contributed by atoms with Gasteiger partial charge in [-0.1, -0.05) is 0 Å². The van der Waals surface area contributed by atoms with Gasteiger partial charge in [0.15, 0.2) is 11.9 Å². The number of aryl methyl sites for hydroxylation is 1. The molecule has 1 rings (SSSR count). The van der Waals surface area contributed by atoms with Crippen LogP contribution in [-0.4, -0.2) is 11.7 Å². The topological polar surface area (TPSA) is 33.3 Å². The van der Waals surface area contributed by atoms with Crippen LogP contribution in [0.15, 0.2) is 12.3 Å². The van der Waals surface area contributed by atoms with Crippen LogP contribution < -0.4 is 9.30 Å². The SMILES string of the molecule is CCOc1c(O)cc[n+](C)c1C. The summed E-state index contributed by atoms with van der Waals surface area (Å²) in [6, 6.07) is 1.62. The highest BCUT2D eigenvalue weighted by Gasteiger charge is 2.13. The molecule has 0 radical (unpaired) electrons. The molecule has 3 nitrogen and oxygen atoms in total. The predicted molar refractivity (Wildman–Crippen MR) is 45.2 cm³/mol. The minimum atomic E-state index is 0.201. The van der Waals surface area contributed by atoms with Crippen LogP contribution in [0.3, 0.4) is 0 Å². The van der Waals surface area contributed by atoms with Gasteiger partial charge in [-0.25, -0.2) is 4.57 Å². The highest BCUT2D eigenvalue weighted by Crippen LogP contribution is 2.26. The van der Waals surface area contributed by atoms with Crippen molar-refractivity contribution in [2.45, 2.75) is 13.8 Å². The van der Waals surface area contributed by atoms with Gasteiger partial charge < -0.3 is 9.84 Å². The number of aromatic hydroxyl groups is 1. The van der Waals surface area contributed by atoms with E-state index in [1.807, 2.05) is 25.5 Å². The van der Waals surface area contributed by atoms with Gasteiger partial charge in [0.2, 0.25) is 11.4 Å². The first-order valence-corrected chi connectivity index (χ1v) is 3.97. The molecule has 0 unspecified atom stereocenters. The third-order valence-electron chi connectivity index (χ3n) is 1.83. The van der Waals surface area contributed by atoms with Crippen LogP contribution in [-0.2, 0) is 7.05 Å². The molecule has 0 aromatic carbocycles. The fourth-order valence-corrected chi connectivity index (χ4v) is 1.04. The second-order valence-corrected chi connectivity index (χ2v) is 2.66. The lowest BCUT2D eigenvalue weighted by Crippen LogP contribution is -2.31. The smallest absolute Gasteiger partial charge is 0.228 e. The summed E-state index contributed by atoms with van der Waals surface area (Å²) in [5.74, 6) is 0.773. The Morgan fingerprint density at radius 1 is 1.58 bits per heavy atom. The Hall–Kier alpha value is -1.25. The third-order valence-corrected chi connectivity index (χ3v) is 1.83. The molecule has 0 aliphatic carbocycles. The van der Waals surface area contributed by atoms with Crippen LogP contribution >= 0.6 is 0 Å². The summed E-state index contributed by atoms with van der Waals surface area (Å²) in [5.41, 5.74) is 0.928. The quantitative estimate of drug-likeness (QED) is 0.666. The van der Waals surface area contributed by atoms with Crippen molar-refractivity contribution in [2.75, 3.05) is 6.61 Å². The summed E-state index contributed by atoms with van der Waals surface area (Å²) in [6.07, 6.45) is 1.80. The summed E-state index contributed by atoms with van der Waals surface area (Å²) in [4.78, 5) is 0. The molecule has 1 aromatic heterocycles. The molecule has 12 heavy (non-hydrogen) atoms. The molecule has 3 heteroatoms. The third kappa shape index (κ3) is 1.49. The standard InChI is InChI=1S/C9H13NO2/c1-4-12-9-7(2)10(3)6-5-8(9)11/h5-6H,4H2,1-3H3/p+1. The molecule has 0 bridgehead atoms. The van der Waals surface area contributed by atoms with Crippen molar-refractivity contribution in [3.8, 4) is 11.5 Å². The molecular weight excluding hydrogens is 154 g/mol. The van der Waals surface area contributed by atoms with Gasteiger partial charge in [0.1, 0.15) is 7.05 Å². The van der Waals surface area contributed by atoms with E-state index in [2.05, 4.69) is 0 Å². The molecule has 0 fully saturated rings. The number of ether oxygens (including phenoxy) is 1. The number of hydrogen-bond donors (Lipinski definition) is 1. The first-order chi connectivity index (χ1) is 5.66. The highest BCUT2D eigenvalue weighted by molar-refractivity contribution is 5.38. The van der Waals surface area contributed by atoms with Gasteiger partial charge in [-0.15, -0.1) is 0 Å². The Labute approximate surface area is 72.2 Å². The molecule has 0 atom stereocenters. The summed E-state index contributed by atoms with van der Waals surface area (Å²) in [7, 11) is 1.91. The number of pyridine rings is 1. The number of aromatic nitrogens is 1. The first kappa shape index (κ1) is 8.84. The molecule has 0 aliphatic rings. The highest BCUT2D eigenvalue weighted by atomic mass is 16.5. The second kappa shape index (κ2) is 3.43. The van der Waals surface area contributed by atoms with Crippen LogP contribution in [0.1, 0.15) is 12.6 Å². The number of hydrogen-bond acceptors (Lipinski definition) is 2. The van der Waals surface area contributed by atoms with Crippen molar-refractivity contribution in [1.29, 1.82) is 0 Å². The zero-order valence-corrected chi connectivity index (χ0v) is 7.66. The van der Waals surface area contributed by atoms with Gasteiger partial charge in [0.25, 0.3) is 0 Å². The van der Waals surface area contributed by atoms with Gasteiger partial charge >= 0.3 is 0 Å². The summed E-state index contributed by atoms with van der Waals surface area (Å²) in [6.45, 7) is 4.37. The maximum absolute atomic E-state index is 9.41. The van der Waals surface area contributed by atoms with E-state index in [-0.39, 0.29) is 5.75 Å². The normalized spacial score (nSPS) is 9.92. The second-order valence-electron chi connectivity index (χ2n) is 2.66. The molecular formula is C9H14NO2+. The van der Waals surface area contributed by atoms with E-state index in [4.69, 9.17) is 4.74 Å². The van der Waals surface area contributed by atoms with E-state index in [0.29, 0.717) is 12.4 Å². The van der Waals surface area contributed by atoms with Crippen LogP contribution in [0, 0.1) is 6.92 Å². The fraction of sp³-hybridized carbons (Fsp3) is 0.444. The lowest BCUT2D eigenvalue weighted by molar-refractivity contribution is -0.678. The van der Waals surface area contributed by atoms with E-state index in [9.17, 15) is 5.11 Å². The Morgan fingerprint density at radius 2 is 2.25 bits per heavy atom. The van der Waals surface area contributed by atoms with E-state index in [1.54, 1.807) is 12.3 Å². The maximum Gasteiger partial charge on any atom is 0.228 e. The summed E-state index contributed by atoms with van der Waals surface area (Å²) in [5, 5.41) is 9.41. The van der Waals surface area contributed by atoms with Gasteiger partial charge in [0, 0.05) is 13.0 Å².